The third-order valence-corrected chi connectivity index (χ3v) is 3.83. The topological polar surface area (TPSA) is 72.0 Å². The lowest BCUT2D eigenvalue weighted by molar-refractivity contribution is 0.340. The van der Waals surface area contributed by atoms with Crippen molar-refractivity contribution in [1.29, 1.82) is 0 Å². The first-order chi connectivity index (χ1) is 12.2. The summed E-state index contributed by atoms with van der Waals surface area (Å²) in [5.41, 5.74) is 1.39. The van der Waals surface area contributed by atoms with Gasteiger partial charge in [0.05, 0.1) is 28.5 Å². The highest BCUT2D eigenvalue weighted by Crippen LogP contribution is 2.31. The van der Waals surface area contributed by atoms with Gasteiger partial charge < -0.3 is 15.4 Å². The lowest BCUT2D eigenvalue weighted by atomic mass is 10.3. The van der Waals surface area contributed by atoms with Gasteiger partial charge in [0, 0.05) is 5.69 Å². The first-order valence-corrected chi connectivity index (χ1v) is 8.32. The van der Waals surface area contributed by atoms with Crippen LogP contribution in [-0.2, 0) is 0 Å². The predicted molar refractivity (Wildman–Crippen MR) is 100 cm³/mol. The van der Waals surface area contributed by atoms with Crippen molar-refractivity contribution in [3.05, 3.63) is 58.7 Å². The molecule has 8 heteroatoms. The SMILES string of the molecule is CCOc1ccc(Nc2cnnc(Nc3c(Cl)cccc3Cl)n2)cc1. The van der Waals surface area contributed by atoms with E-state index >= 15 is 0 Å². The molecule has 0 bridgehead atoms. The van der Waals surface area contributed by atoms with Crippen molar-refractivity contribution in [2.24, 2.45) is 0 Å². The number of hydrogen-bond donors (Lipinski definition) is 2. The predicted octanol–water partition coefficient (Wildman–Crippen LogP) is 5.06. The van der Waals surface area contributed by atoms with E-state index in [0.717, 1.165) is 11.4 Å². The average molecular weight is 376 g/mol. The van der Waals surface area contributed by atoms with E-state index in [0.29, 0.717) is 28.2 Å². The van der Waals surface area contributed by atoms with Gasteiger partial charge in [-0.1, -0.05) is 29.3 Å². The first-order valence-electron chi connectivity index (χ1n) is 7.56. The van der Waals surface area contributed by atoms with Gasteiger partial charge in [-0.15, -0.1) is 5.10 Å². The van der Waals surface area contributed by atoms with Gasteiger partial charge in [0.25, 0.3) is 0 Å². The third-order valence-electron chi connectivity index (χ3n) is 3.20. The number of para-hydroxylation sites is 1. The van der Waals surface area contributed by atoms with E-state index in [2.05, 4.69) is 25.8 Å². The molecule has 0 aliphatic carbocycles. The lowest BCUT2D eigenvalue weighted by Gasteiger charge is -2.10. The van der Waals surface area contributed by atoms with Crippen molar-refractivity contribution in [3.8, 4) is 5.75 Å². The molecule has 0 saturated carbocycles. The van der Waals surface area contributed by atoms with Crippen molar-refractivity contribution in [2.45, 2.75) is 6.92 Å². The maximum atomic E-state index is 6.14. The number of rotatable bonds is 6. The summed E-state index contributed by atoms with van der Waals surface area (Å²) in [4.78, 5) is 4.36. The van der Waals surface area contributed by atoms with Crippen LogP contribution in [0.3, 0.4) is 0 Å². The Bertz CT molecular complexity index is 838. The average Bonchev–Trinajstić information content (AvgIpc) is 2.61. The Balaban J connectivity index is 1.75. The minimum atomic E-state index is 0.283. The van der Waals surface area contributed by atoms with E-state index in [1.807, 2.05) is 31.2 Å². The second-order valence-electron chi connectivity index (χ2n) is 4.97. The maximum absolute atomic E-state index is 6.14. The number of aromatic nitrogens is 3. The zero-order valence-corrected chi connectivity index (χ0v) is 14.8. The standard InChI is InChI=1S/C17H15Cl2N5O/c1-2-25-12-8-6-11(7-9-12)21-15-10-20-24-17(22-15)23-16-13(18)4-3-5-14(16)19/h3-10H,2H2,1H3,(H2,21,22,23,24). The van der Waals surface area contributed by atoms with E-state index in [9.17, 15) is 0 Å². The molecule has 3 aromatic rings. The monoisotopic (exact) mass is 375 g/mol. The molecule has 25 heavy (non-hydrogen) atoms. The van der Waals surface area contributed by atoms with Crippen LogP contribution in [0.25, 0.3) is 0 Å². The van der Waals surface area contributed by atoms with Crippen LogP contribution in [0.5, 0.6) is 5.75 Å². The molecule has 128 valence electrons. The van der Waals surface area contributed by atoms with Gasteiger partial charge in [-0.2, -0.15) is 10.1 Å². The molecule has 0 saturated heterocycles. The van der Waals surface area contributed by atoms with Gasteiger partial charge in [-0.25, -0.2) is 0 Å². The fourth-order valence-corrected chi connectivity index (χ4v) is 2.59. The minimum Gasteiger partial charge on any atom is -0.494 e. The van der Waals surface area contributed by atoms with Gasteiger partial charge in [-0.3, -0.25) is 0 Å². The molecular weight excluding hydrogens is 361 g/mol. The first kappa shape index (κ1) is 17.3. The van der Waals surface area contributed by atoms with Crippen molar-refractivity contribution in [1.82, 2.24) is 15.2 Å². The minimum absolute atomic E-state index is 0.283. The van der Waals surface area contributed by atoms with Crippen LogP contribution in [0.4, 0.5) is 23.1 Å². The number of ether oxygens (including phenoxy) is 1. The summed E-state index contributed by atoms with van der Waals surface area (Å²) >= 11 is 12.3. The Morgan fingerprint density at radius 2 is 1.72 bits per heavy atom. The summed E-state index contributed by atoms with van der Waals surface area (Å²) in [6.45, 7) is 2.57. The molecule has 1 aromatic heterocycles. The molecule has 3 rings (SSSR count). The molecule has 0 aliphatic heterocycles. The van der Waals surface area contributed by atoms with E-state index in [1.54, 1.807) is 18.2 Å². The van der Waals surface area contributed by atoms with Gasteiger partial charge in [0.2, 0.25) is 5.95 Å². The summed E-state index contributed by atoms with van der Waals surface area (Å²) in [6, 6.07) is 12.8. The second-order valence-corrected chi connectivity index (χ2v) is 5.78. The number of anilines is 4. The zero-order valence-electron chi connectivity index (χ0n) is 13.3. The summed E-state index contributed by atoms with van der Waals surface area (Å²) in [5, 5.41) is 15.0. The van der Waals surface area contributed by atoms with Gasteiger partial charge in [-0.05, 0) is 43.3 Å². The quantitative estimate of drug-likeness (QED) is 0.626. The summed E-state index contributed by atoms with van der Waals surface area (Å²) < 4.78 is 5.42. The van der Waals surface area contributed by atoms with Gasteiger partial charge >= 0.3 is 0 Å². The van der Waals surface area contributed by atoms with E-state index in [-0.39, 0.29) is 5.95 Å². The second kappa shape index (κ2) is 8.00. The summed E-state index contributed by atoms with van der Waals surface area (Å²) in [6.07, 6.45) is 1.52. The molecule has 0 radical (unpaired) electrons. The highest BCUT2D eigenvalue weighted by Gasteiger charge is 2.08. The van der Waals surface area contributed by atoms with E-state index in [4.69, 9.17) is 27.9 Å². The number of nitrogens with zero attached hydrogens (tertiary/aromatic N) is 3. The van der Waals surface area contributed by atoms with Crippen molar-refractivity contribution < 1.29 is 4.74 Å². The molecule has 0 amide bonds. The molecule has 0 aliphatic rings. The van der Waals surface area contributed by atoms with Crippen LogP contribution in [0, 0.1) is 0 Å². The van der Waals surface area contributed by atoms with Crippen LogP contribution in [-0.4, -0.2) is 21.8 Å². The fraction of sp³-hybridized carbons (Fsp3) is 0.118. The molecule has 1 heterocycles. The largest absolute Gasteiger partial charge is 0.494 e. The summed E-state index contributed by atoms with van der Waals surface area (Å²) in [5.74, 6) is 1.63. The molecule has 0 spiro atoms. The van der Waals surface area contributed by atoms with Crippen LogP contribution in [0.1, 0.15) is 6.92 Å². The maximum Gasteiger partial charge on any atom is 0.249 e. The number of benzene rings is 2. The highest BCUT2D eigenvalue weighted by molar-refractivity contribution is 6.39. The van der Waals surface area contributed by atoms with Gasteiger partial charge in [0.15, 0.2) is 5.82 Å². The molecule has 2 aromatic carbocycles. The molecule has 6 nitrogen and oxygen atoms in total. The van der Waals surface area contributed by atoms with Crippen LogP contribution >= 0.6 is 23.2 Å². The molecule has 0 fully saturated rings. The molecule has 0 atom stereocenters. The molecular formula is C17H15Cl2N5O. The molecule has 0 unspecified atom stereocenters. The normalized spacial score (nSPS) is 10.4. The Labute approximate surface area is 155 Å². The zero-order chi connectivity index (χ0) is 17.6. The highest BCUT2D eigenvalue weighted by atomic mass is 35.5. The van der Waals surface area contributed by atoms with Crippen molar-refractivity contribution in [2.75, 3.05) is 17.2 Å². The van der Waals surface area contributed by atoms with E-state index in [1.165, 1.54) is 6.20 Å². The Morgan fingerprint density at radius 3 is 2.40 bits per heavy atom. The van der Waals surface area contributed by atoms with Crippen LogP contribution in [0.15, 0.2) is 48.7 Å². The smallest absolute Gasteiger partial charge is 0.249 e. The number of hydrogen-bond acceptors (Lipinski definition) is 6. The Kier molecular flexibility index (Phi) is 5.53. The molecule has 2 N–H and O–H groups in total. The van der Waals surface area contributed by atoms with Crippen LogP contribution in [0.2, 0.25) is 10.0 Å². The third kappa shape index (κ3) is 4.49. The van der Waals surface area contributed by atoms with Crippen LogP contribution < -0.4 is 15.4 Å². The van der Waals surface area contributed by atoms with Crippen molar-refractivity contribution in [3.63, 3.8) is 0 Å². The number of halogens is 2. The lowest BCUT2D eigenvalue weighted by Crippen LogP contribution is -2.03. The fourth-order valence-electron chi connectivity index (χ4n) is 2.09. The van der Waals surface area contributed by atoms with Gasteiger partial charge in [0.1, 0.15) is 5.75 Å². The van der Waals surface area contributed by atoms with Crippen molar-refractivity contribution >= 4 is 46.3 Å². The Hall–Kier alpha value is -2.57. The summed E-state index contributed by atoms with van der Waals surface area (Å²) in [7, 11) is 0. The number of nitrogens with one attached hydrogen (secondary N) is 2. The van der Waals surface area contributed by atoms with E-state index < -0.39 is 0 Å². The Morgan fingerprint density at radius 1 is 1.00 bits per heavy atom.